The van der Waals surface area contributed by atoms with E-state index in [0.29, 0.717) is 0 Å². The number of rotatable bonds is 2. The molecule has 13 heavy (non-hydrogen) atoms. The van der Waals surface area contributed by atoms with Crippen LogP contribution < -0.4 is 4.74 Å². The normalized spacial score (nSPS) is 10.6. The van der Waals surface area contributed by atoms with Crippen molar-refractivity contribution >= 4 is 11.6 Å². The van der Waals surface area contributed by atoms with Crippen LogP contribution in [0.2, 0.25) is 5.02 Å². The Balaban J connectivity index is 3.30. The number of nitrogens with zero attached hydrogens (tertiary/aromatic N) is 1. The minimum Gasteiger partial charge on any atom is -0.479 e. The van der Waals surface area contributed by atoms with Gasteiger partial charge in [-0.15, -0.1) is 0 Å². The van der Waals surface area contributed by atoms with Gasteiger partial charge >= 0.3 is 0 Å². The summed E-state index contributed by atoms with van der Waals surface area (Å²) >= 11 is 5.32. The fourth-order valence-electron chi connectivity index (χ4n) is 0.804. The lowest BCUT2D eigenvalue weighted by Gasteiger charge is -2.06. The van der Waals surface area contributed by atoms with E-state index in [0.717, 1.165) is 13.3 Å². The summed E-state index contributed by atoms with van der Waals surface area (Å²) < 4.78 is 41.8. The first-order valence-electron chi connectivity index (χ1n) is 3.24. The molecule has 0 saturated carbocycles. The van der Waals surface area contributed by atoms with E-state index >= 15 is 0 Å². The summed E-state index contributed by atoms with van der Waals surface area (Å²) in [5, 5.41) is -0.409. The summed E-state index contributed by atoms with van der Waals surface area (Å²) in [6.07, 6.45) is -2.06. The Morgan fingerprint density at radius 1 is 1.54 bits per heavy atom. The number of methoxy groups -OCH3 is 1. The quantitative estimate of drug-likeness (QED) is 0.751. The molecule has 0 unspecified atom stereocenters. The zero-order valence-electron chi connectivity index (χ0n) is 6.52. The molecular formula is C7H5ClF3NO. The van der Waals surface area contributed by atoms with E-state index in [1.54, 1.807) is 0 Å². The van der Waals surface area contributed by atoms with Crippen molar-refractivity contribution in [2.24, 2.45) is 0 Å². The topological polar surface area (TPSA) is 22.1 Å². The first-order valence-corrected chi connectivity index (χ1v) is 3.61. The van der Waals surface area contributed by atoms with Crippen LogP contribution in [0.1, 0.15) is 12.0 Å². The monoisotopic (exact) mass is 211 g/mol. The molecule has 0 aliphatic rings. The number of pyridine rings is 1. The van der Waals surface area contributed by atoms with Gasteiger partial charge in [0, 0.05) is 0 Å². The van der Waals surface area contributed by atoms with Crippen molar-refractivity contribution in [1.82, 2.24) is 4.98 Å². The van der Waals surface area contributed by atoms with Gasteiger partial charge in [0.25, 0.3) is 12.3 Å². The molecule has 0 radical (unpaired) electrons. The second-order valence-electron chi connectivity index (χ2n) is 2.14. The number of aromatic nitrogens is 1. The van der Waals surface area contributed by atoms with Gasteiger partial charge in [-0.1, -0.05) is 11.6 Å². The van der Waals surface area contributed by atoms with Gasteiger partial charge < -0.3 is 4.74 Å². The van der Waals surface area contributed by atoms with Crippen molar-refractivity contribution in [1.29, 1.82) is 0 Å². The van der Waals surface area contributed by atoms with Crippen LogP contribution in [0, 0.1) is 5.82 Å². The molecule has 2 nitrogen and oxygen atoms in total. The van der Waals surface area contributed by atoms with E-state index in [2.05, 4.69) is 9.72 Å². The molecule has 0 aliphatic heterocycles. The first-order chi connectivity index (χ1) is 6.07. The summed E-state index contributed by atoms with van der Waals surface area (Å²) in [5.74, 6) is -1.70. The van der Waals surface area contributed by atoms with Crippen LogP contribution >= 0.6 is 11.6 Å². The van der Waals surface area contributed by atoms with Crippen LogP contribution in [0.3, 0.4) is 0 Å². The predicted octanol–water partition coefficient (Wildman–Crippen LogP) is 2.82. The summed E-state index contributed by atoms with van der Waals surface area (Å²) in [4.78, 5) is 3.38. The molecule has 1 heterocycles. The molecule has 1 aromatic rings. The summed E-state index contributed by atoms with van der Waals surface area (Å²) in [5.41, 5.74) is -0.881. The molecule has 0 aromatic carbocycles. The van der Waals surface area contributed by atoms with Crippen LogP contribution in [0.25, 0.3) is 0 Å². The highest BCUT2D eigenvalue weighted by Gasteiger charge is 2.21. The molecule has 0 aliphatic carbocycles. The van der Waals surface area contributed by atoms with Crippen molar-refractivity contribution in [2.75, 3.05) is 7.11 Å². The third-order valence-corrected chi connectivity index (χ3v) is 1.69. The second kappa shape index (κ2) is 3.83. The average Bonchev–Trinajstić information content (AvgIpc) is 2.04. The van der Waals surface area contributed by atoms with E-state index in [-0.39, 0.29) is 0 Å². The molecule has 72 valence electrons. The highest BCUT2D eigenvalue weighted by Crippen LogP contribution is 2.32. The maximum Gasteiger partial charge on any atom is 0.268 e. The summed E-state index contributed by atoms with van der Waals surface area (Å²) in [7, 11) is 1.13. The lowest BCUT2D eigenvalue weighted by Crippen LogP contribution is -1.99. The summed E-state index contributed by atoms with van der Waals surface area (Å²) in [6.45, 7) is 0. The van der Waals surface area contributed by atoms with Gasteiger partial charge in [0.05, 0.1) is 23.9 Å². The predicted molar refractivity (Wildman–Crippen MR) is 40.7 cm³/mol. The molecule has 0 saturated heterocycles. The largest absolute Gasteiger partial charge is 0.479 e. The molecule has 1 rings (SSSR count). The Morgan fingerprint density at radius 2 is 2.15 bits per heavy atom. The van der Waals surface area contributed by atoms with Crippen LogP contribution in [-0.4, -0.2) is 12.1 Å². The molecule has 0 fully saturated rings. The number of hydrogen-bond acceptors (Lipinski definition) is 2. The van der Waals surface area contributed by atoms with Crippen molar-refractivity contribution in [3.8, 4) is 5.88 Å². The Kier molecular flexibility index (Phi) is 2.98. The molecule has 0 atom stereocenters. The van der Waals surface area contributed by atoms with Gasteiger partial charge in [-0.25, -0.2) is 18.2 Å². The van der Waals surface area contributed by atoms with Gasteiger partial charge in [-0.05, 0) is 0 Å². The molecule has 0 N–H and O–H groups in total. The van der Waals surface area contributed by atoms with E-state index < -0.39 is 28.7 Å². The highest BCUT2D eigenvalue weighted by atomic mass is 35.5. The van der Waals surface area contributed by atoms with Crippen LogP contribution in [0.4, 0.5) is 13.2 Å². The summed E-state index contributed by atoms with van der Waals surface area (Å²) in [6, 6.07) is 0. The van der Waals surface area contributed by atoms with Gasteiger partial charge in [-0.2, -0.15) is 0 Å². The lowest BCUT2D eigenvalue weighted by atomic mass is 10.2. The second-order valence-corrected chi connectivity index (χ2v) is 2.55. The van der Waals surface area contributed by atoms with Crippen molar-refractivity contribution in [3.05, 3.63) is 22.6 Å². The standard InChI is InChI=1S/C7H5ClF3NO/c1-13-7-5(9)4(6(10)11)3(8)2-12-7/h2,6H,1H3. The third kappa shape index (κ3) is 1.85. The minimum absolute atomic E-state index is 0.409. The number of ether oxygens (including phenoxy) is 1. The van der Waals surface area contributed by atoms with Crippen molar-refractivity contribution < 1.29 is 17.9 Å². The lowest BCUT2D eigenvalue weighted by molar-refractivity contribution is 0.145. The molecular weight excluding hydrogens is 207 g/mol. The highest BCUT2D eigenvalue weighted by molar-refractivity contribution is 6.31. The van der Waals surface area contributed by atoms with Crippen LogP contribution in [-0.2, 0) is 0 Å². The minimum atomic E-state index is -2.98. The van der Waals surface area contributed by atoms with Gasteiger partial charge in [0.2, 0.25) is 0 Å². The molecule has 0 bridgehead atoms. The van der Waals surface area contributed by atoms with Crippen LogP contribution in [0.5, 0.6) is 5.88 Å². The number of halogens is 4. The zero-order chi connectivity index (χ0) is 10.0. The molecule has 6 heteroatoms. The van der Waals surface area contributed by atoms with E-state index in [4.69, 9.17) is 11.6 Å². The Bertz CT molecular complexity index is 319. The number of hydrogen-bond donors (Lipinski definition) is 0. The Morgan fingerprint density at radius 3 is 2.62 bits per heavy atom. The Labute approximate surface area is 77.3 Å². The maximum absolute atomic E-state index is 13.0. The first kappa shape index (κ1) is 10.1. The van der Waals surface area contributed by atoms with Gasteiger partial charge in [0.15, 0.2) is 5.82 Å². The maximum atomic E-state index is 13.0. The van der Waals surface area contributed by atoms with Gasteiger partial charge in [0.1, 0.15) is 0 Å². The van der Waals surface area contributed by atoms with E-state index in [1.165, 1.54) is 0 Å². The molecule has 0 amide bonds. The smallest absolute Gasteiger partial charge is 0.268 e. The average molecular weight is 212 g/mol. The van der Waals surface area contributed by atoms with Crippen molar-refractivity contribution in [2.45, 2.75) is 6.43 Å². The van der Waals surface area contributed by atoms with Crippen molar-refractivity contribution in [3.63, 3.8) is 0 Å². The van der Waals surface area contributed by atoms with Crippen LogP contribution in [0.15, 0.2) is 6.20 Å². The number of alkyl halides is 2. The Hall–Kier alpha value is -0.970. The molecule has 1 aromatic heterocycles. The zero-order valence-corrected chi connectivity index (χ0v) is 7.28. The third-order valence-electron chi connectivity index (χ3n) is 1.39. The van der Waals surface area contributed by atoms with E-state index in [9.17, 15) is 13.2 Å². The van der Waals surface area contributed by atoms with E-state index in [1.807, 2.05) is 0 Å². The van der Waals surface area contributed by atoms with Gasteiger partial charge in [-0.3, -0.25) is 0 Å². The fourth-order valence-corrected chi connectivity index (χ4v) is 1.02. The SMILES string of the molecule is COc1ncc(Cl)c(C(F)F)c1F. The fraction of sp³-hybridized carbons (Fsp3) is 0.286. The molecule has 0 spiro atoms.